The number of hydrogen-bond acceptors (Lipinski definition) is 4. The highest BCUT2D eigenvalue weighted by atomic mass is 16.3. The summed E-state index contributed by atoms with van der Waals surface area (Å²) in [6.45, 7) is 5.68. The van der Waals surface area contributed by atoms with Crippen LogP contribution in [0.2, 0.25) is 0 Å². The molecule has 4 aliphatic carbocycles. The summed E-state index contributed by atoms with van der Waals surface area (Å²) < 4.78 is 0. The average molecular weight is 346 g/mol. The first-order valence-electron chi connectivity index (χ1n) is 9.64. The molecule has 4 rings (SSSR count). The van der Waals surface area contributed by atoms with Crippen molar-refractivity contribution in [3.05, 3.63) is 23.3 Å². The van der Waals surface area contributed by atoms with E-state index < -0.39 is 17.1 Å². The molecule has 0 bridgehead atoms. The Labute approximate surface area is 149 Å². The van der Waals surface area contributed by atoms with Gasteiger partial charge in [-0.25, -0.2) is 0 Å². The molecule has 4 heteroatoms. The zero-order valence-electron chi connectivity index (χ0n) is 15.5. The minimum absolute atomic E-state index is 0.0346. The lowest BCUT2D eigenvalue weighted by atomic mass is 9.49. The summed E-state index contributed by atoms with van der Waals surface area (Å²) in [5, 5.41) is 32.3. The van der Waals surface area contributed by atoms with Crippen LogP contribution in [-0.4, -0.2) is 38.9 Å². The summed E-state index contributed by atoms with van der Waals surface area (Å²) in [5.74, 6) is -0.00792. The molecule has 7 atom stereocenters. The highest BCUT2D eigenvalue weighted by molar-refractivity contribution is 5.86. The molecule has 138 valence electrons. The van der Waals surface area contributed by atoms with E-state index in [-0.39, 0.29) is 29.1 Å². The molecule has 0 amide bonds. The Bertz CT molecular complexity index is 679. The fourth-order valence-electron chi connectivity index (χ4n) is 6.70. The van der Waals surface area contributed by atoms with E-state index in [0.717, 1.165) is 19.3 Å². The normalized spacial score (nSPS) is 51.8. The molecule has 0 aromatic rings. The molecule has 3 saturated carbocycles. The van der Waals surface area contributed by atoms with Gasteiger partial charge in [0, 0.05) is 11.3 Å². The van der Waals surface area contributed by atoms with Gasteiger partial charge in [-0.15, -0.1) is 0 Å². The van der Waals surface area contributed by atoms with Gasteiger partial charge >= 0.3 is 0 Å². The Morgan fingerprint density at radius 1 is 1.16 bits per heavy atom. The van der Waals surface area contributed by atoms with Crippen LogP contribution >= 0.6 is 0 Å². The van der Waals surface area contributed by atoms with E-state index in [4.69, 9.17) is 0 Å². The van der Waals surface area contributed by atoms with Crippen LogP contribution in [0.3, 0.4) is 0 Å². The predicted molar refractivity (Wildman–Crippen MR) is 94.7 cm³/mol. The second kappa shape index (κ2) is 5.28. The van der Waals surface area contributed by atoms with Gasteiger partial charge in [-0.1, -0.05) is 37.1 Å². The SMILES string of the molecule is CC(=O)[C@@]1(O)CC[C@H]2C3=CC=C4C[C@@H](O)CC[C@]4(C)[C@H]3[C@H](O)C[C@@]21C. The monoisotopic (exact) mass is 346 g/mol. The van der Waals surface area contributed by atoms with E-state index in [1.807, 2.05) is 6.92 Å². The summed E-state index contributed by atoms with van der Waals surface area (Å²) in [5.41, 5.74) is 0.388. The van der Waals surface area contributed by atoms with Crippen LogP contribution in [0.25, 0.3) is 0 Å². The quantitative estimate of drug-likeness (QED) is 0.682. The van der Waals surface area contributed by atoms with E-state index in [0.29, 0.717) is 19.3 Å². The number of allylic oxidation sites excluding steroid dienone is 2. The van der Waals surface area contributed by atoms with E-state index >= 15 is 0 Å². The number of aliphatic hydroxyl groups excluding tert-OH is 2. The van der Waals surface area contributed by atoms with Gasteiger partial charge in [0.2, 0.25) is 0 Å². The average Bonchev–Trinajstić information content (AvgIpc) is 2.80. The summed E-state index contributed by atoms with van der Waals surface area (Å²) >= 11 is 0. The molecule has 0 saturated heterocycles. The van der Waals surface area contributed by atoms with Crippen molar-refractivity contribution in [2.24, 2.45) is 22.7 Å². The third kappa shape index (κ3) is 2.08. The van der Waals surface area contributed by atoms with Gasteiger partial charge in [0.25, 0.3) is 0 Å². The van der Waals surface area contributed by atoms with Gasteiger partial charge in [0.15, 0.2) is 5.78 Å². The van der Waals surface area contributed by atoms with Crippen molar-refractivity contribution in [1.29, 1.82) is 0 Å². The van der Waals surface area contributed by atoms with Gasteiger partial charge in [-0.2, -0.15) is 0 Å². The van der Waals surface area contributed by atoms with Crippen molar-refractivity contribution in [2.45, 2.75) is 77.1 Å². The summed E-state index contributed by atoms with van der Waals surface area (Å²) in [6.07, 6.45) is 7.47. The van der Waals surface area contributed by atoms with Crippen LogP contribution in [0.5, 0.6) is 0 Å². The molecular formula is C21H30O4. The number of aliphatic hydroxyl groups is 3. The maximum Gasteiger partial charge on any atom is 0.161 e. The van der Waals surface area contributed by atoms with Gasteiger partial charge in [-0.3, -0.25) is 4.79 Å². The largest absolute Gasteiger partial charge is 0.393 e. The Kier molecular flexibility index (Phi) is 3.68. The second-order valence-corrected chi connectivity index (χ2v) is 9.35. The highest BCUT2D eigenvalue weighted by Crippen LogP contribution is 2.65. The smallest absolute Gasteiger partial charge is 0.161 e. The zero-order chi connectivity index (χ0) is 18.2. The molecule has 3 N–H and O–H groups in total. The van der Waals surface area contributed by atoms with Crippen LogP contribution < -0.4 is 0 Å². The number of rotatable bonds is 1. The lowest BCUT2D eigenvalue weighted by molar-refractivity contribution is -0.157. The minimum Gasteiger partial charge on any atom is -0.393 e. The van der Waals surface area contributed by atoms with Crippen LogP contribution in [0.1, 0.15) is 59.3 Å². The lowest BCUT2D eigenvalue weighted by Crippen LogP contribution is -2.58. The first-order chi connectivity index (χ1) is 11.6. The van der Waals surface area contributed by atoms with Gasteiger partial charge < -0.3 is 15.3 Å². The van der Waals surface area contributed by atoms with Gasteiger partial charge in [0.1, 0.15) is 5.60 Å². The van der Waals surface area contributed by atoms with Crippen molar-refractivity contribution in [3.63, 3.8) is 0 Å². The third-order valence-corrected chi connectivity index (χ3v) is 8.22. The number of fused-ring (bicyclic) bond motifs is 5. The number of carbonyl (C=O) groups excluding carboxylic acids is 1. The van der Waals surface area contributed by atoms with Crippen LogP contribution in [0.4, 0.5) is 0 Å². The molecule has 0 radical (unpaired) electrons. The molecule has 0 aliphatic heterocycles. The molecule has 0 unspecified atom stereocenters. The number of carbonyl (C=O) groups is 1. The van der Waals surface area contributed by atoms with Crippen molar-refractivity contribution in [3.8, 4) is 0 Å². The number of Topliss-reactive ketones (excluding diaryl/α,β-unsaturated/α-hetero) is 1. The molecule has 0 heterocycles. The van der Waals surface area contributed by atoms with Gasteiger partial charge in [0.05, 0.1) is 12.2 Å². The van der Waals surface area contributed by atoms with Crippen molar-refractivity contribution in [2.75, 3.05) is 0 Å². The Morgan fingerprint density at radius 3 is 2.56 bits per heavy atom. The Hall–Kier alpha value is -0.970. The molecule has 0 spiro atoms. The first kappa shape index (κ1) is 17.4. The summed E-state index contributed by atoms with van der Waals surface area (Å²) in [6, 6.07) is 0. The Balaban J connectivity index is 1.80. The fraction of sp³-hybridized carbons (Fsp3) is 0.762. The molecule has 25 heavy (non-hydrogen) atoms. The zero-order valence-corrected chi connectivity index (χ0v) is 15.5. The van der Waals surface area contributed by atoms with E-state index in [2.05, 4.69) is 19.1 Å². The summed E-state index contributed by atoms with van der Waals surface area (Å²) in [4.78, 5) is 12.2. The second-order valence-electron chi connectivity index (χ2n) is 9.35. The van der Waals surface area contributed by atoms with E-state index in [1.54, 1.807) is 0 Å². The third-order valence-electron chi connectivity index (χ3n) is 8.22. The van der Waals surface area contributed by atoms with Crippen LogP contribution in [0.15, 0.2) is 23.3 Å². The number of ketones is 1. The molecule has 3 fully saturated rings. The van der Waals surface area contributed by atoms with Crippen LogP contribution in [0, 0.1) is 22.7 Å². The maximum atomic E-state index is 12.2. The van der Waals surface area contributed by atoms with Crippen LogP contribution in [-0.2, 0) is 4.79 Å². The van der Waals surface area contributed by atoms with Crippen molar-refractivity contribution < 1.29 is 20.1 Å². The van der Waals surface area contributed by atoms with Crippen molar-refractivity contribution >= 4 is 5.78 Å². The molecule has 0 aromatic heterocycles. The Morgan fingerprint density at radius 2 is 1.88 bits per heavy atom. The molecular weight excluding hydrogens is 316 g/mol. The maximum absolute atomic E-state index is 12.2. The van der Waals surface area contributed by atoms with E-state index in [9.17, 15) is 20.1 Å². The molecule has 0 aromatic carbocycles. The summed E-state index contributed by atoms with van der Waals surface area (Å²) in [7, 11) is 0. The standard InChI is InChI=1S/C21H30O4/c1-12(22)21(25)9-7-16-15-5-4-13-10-14(23)6-8-19(13,2)18(15)17(24)11-20(16,21)3/h4-5,14,16-18,23-25H,6-11H2,1-3H3/t14-,16-,17+,18+,19-,20-,21-/m0/s1. The van der Waals surface area contributed by atoms with Gasteiger partial charge in [-0.05, 0) is 56.8 Å². The molecule has 4 nitrogen and oxygen atoms in total. The molecule has 4 aliphatic rings. The lowest BCUT2D eigenvalue weighted by Gasteiger charge is -2.57. The topological polar surface area (TPSA) is 77.8 Å². The minimum atomic E-state index is -1.34. The highest BCUT2D eigenvalue weighted by Gasteiger charge is 2.65. The first-order valence-corrected chi connectivity index (χ1v) is 9.64. The number of hydrogen-bond donors (Lipinski definition) is 3. The predicted octanol–water partition coefficient (Wildman–Crippen LogP) is 2.52. The fourth-order valence-corrected chi connectivity index (χ4v) is 6.70. The van der Waals surface area contributed by atoms with E-state index in [1.165, 1.54) is 18.1 Å². The van der Waals surface area contributed by atoms with Crippen molar-refractivity contribution in [1.82, 2.24) is 0 Å².